The van der Waals surface area contributed by atoms with Gasteiger partial charge in [-0.1, -0.05) is 11.3 Å². The summed E-state index contributed by atoms with van der Waals surface area (Å²) in [5.41, 5.74) is 7.63. The normalized spacial score (nSPS) is 11.1. The summed E-state index contributed by atoms with van der Waals surface area (Å²) in [6.45, 7) is 2.04. The number of hydrogen-bond donors (Lipinski definition) is 1. The molecule has 0 amide bonds. The van der Waals surface area contributed by atoms with Gasteiger partial charge in [-0.3, -0.25) is 0 Å². The van der Waals surface area contributed by atoms with Gasteiger partial charge in [0.25, 0.3) is 0 Å². The average molecular weight is 248 g/mol. The molecule has 3 heterocycles. The highest BCUT2D eigenvalue weighted by Gasteiger charge is 2.12. The number of anilines is 1. The molecule has 0 saturated heterocycles. The Hall–Kier alpha value is -1.53. The number of thiazole rings is 1. The highest BCUT2D eigenvalue weighted by atomic mass is 32.1. The van der Waals surface area contributed by atoms with E-state index < -0.39 is 0 Å². The summed E-state index contributed by atoms with van der Waals surface area (Å²) >= 11 is 3.10. The molecule has 6 heteroatoms. The molecule has 0 spiro atoms. The first kappa shape index (κ1) is 9.68. The summed E-state index contributed by atoms with van der Waals surface area (Å²) in [6, 6.07) is 1.97. The van der Waals surface area contributed by atoms with Crippen LogP contribution in [-0.2, 0) is 0 Å². The fraction of sp³-hybridized carbons (Fsp3) is 0.100. The molecular formula is C10H8N4S2. The van der Waals surface area contributed by atoms with E-state index in [1.54, 1.807) is 35.1 Å². The second kappa shape index (κ2) is 3.50. The zero-order valence-corrected chi connectivity index (χ0v) is 10.1. The lowest BCUT2D eigenvalue weighted by Crippen LogP contribution is -1.77. The summed E-state index contributed by atoms with van der Waals surface area (Å²) in [5, 5.41) is 1.76. The predicted molar refractivity (Wildman–Crippen MR) is 67.7 cm³/mol. The Bertz CT molecular complexity index is 623. The van der Waals surface area contributed by atoms with Crippen molar-refractivity contribution >= 4 is 38.2 Å². The first-order chi connectivity index (χ1) is 7.74. The van der Waals surface area contributed by atoms with Crippen molar-refractivity contribution in [3.05, 3.63) is 24.0 Å². The van der Waals surface area contributed by atoms with Crippen molar-refractivity contribution in [2.24, 2.45) is 0 Å². The Kier molecular flexibility index (Phi) is 2.12. The Labute approximate surface area is 99.8 Å². The van der Waals surface area contributed by atoms with Crippen LogP contribution in [0.25, 0.3) is 20.4 Å². The number of aromatic nitrogens is 3. The molecule has 16 heavy (non-hydrogen) atoms. The molecule has 0 bridgehead atoms. The lowest BCUT2D eigenvalue weighted by molar-refractivity contribution is 1.26. The van der Waals surface area contributed by atoms with Crippen LogP contribution in [0.4, 0.5) is 5.00 Å². The van der Waals surface area contributed by atoms with Crippen LogP contribution < -0.4 is 5.73 Å². The molecule has 4 nitrogen and oxygen atoms in total. The minimum Gasteiger partial charge on any atom is -0.391 e. The fourth-order valence-corrected chi connectivity index (χ4v) is 3.44. The minimum atomic E-state index is 0.703. The van der Waals surface area contributed by atoms with Crippen LogP contribution in [0.1, 0.15) is 5.56 Å². The van der Waals surface area contributed by atoms with Gasteiger partial charge < -0.3 is 5.73 Å². The molecule has 0 unspecified atom stereocenters. The van der Waals surface area contributed by atoms with Gasteiger partial charge in [-0.2, -0.15) is 0 Å². The van der Waals surface area contributed by atoms with E-state index in [9.17, 15) is 0 Å². The first-order valence-corrected chi connectivity index (χ1v) is 6.31. The second-order valence-corrected chi connectivity index (χ2v) is 5.43. The minimum absolute atomic E-state index is 0.703. The van der Waals surface area contributed by atoms with Gasteiger partial charge in [0.15, 0.2) is 10.5 Å². The van der Waals surface area contributed by atoms with Crippen molar-refractivity contribution in [1.29, 1.82) is 0 Å². The van der Waals surface area contributed by atoms with Gasteiger partial charge >= 0.3 is 0 Å². The largest absolute Gasteiger partial charge is 0.391 e. The molecule has 2 N–H and O–H groups in total. The zero-order chi connectivity index (χ0) is 11.1. The van der Waals surface area contributed by atoms with E-state index in [1.807, 2.05) is 13.0 Å². The van der Waals surface area contributed by atoms with Crippen molar-refractivity contribution in [2.75, 3.05) is 5.73 Å². The lowest BCUT2D eigenvalue weighted by atomic mass is 10.3. The summed E-state index contributed by atoms with van der Waals surface area (Å²) in [6.07, 6.45) is 3.33. The van der Waals surface area contributed by atoms with E-state index in [0.29, 0.717) is 5.65 Å². The van der Waals surface area contributed by atoms with Crippen LogP contribution in [-0.4, -0.2) is 15.0 Å². The van der Waals surface area contributed by atoms with Gasteiger partial charge in [-0.15, -0.1) is 11.3 Å². The highest BCUT2D eigenvalue weighted by Crippen LogP contribution is 2.37. The maximum atomic E-state index is 5.78. The molecule has 0 aromatic carbocycles. The molecule has 80 valence electrons. The van der Waals surface area contributed by atoms with E-state index in [-0.39, 0.29) is 0 Å². The number of rotatable bonds is 1. The maximum Gasteiger partial charge on any atom is 0.190 e. The summed E-state index contributed by atoms with van der Waals surface area (Å²) in [4.78, 5) is 14.8. The topological polar surface area (TPSA) is 64.7 Å². The van der Waals surface area contributed by atoms with Gasteiger partial charge in [0.2, 0.25) is 0 Å². The van der Waals surface area contributed by atoms with Crippen molar-refractivity contribution in [2.45, 2.75) is 6.92 Å². The van der Waals surface area contributed by atoms with Crippen molar-refractivity contribution in [1.82, 2.24) is 15.0 Å². The molecule has 3 aromatic rings. The zero-order valence-electron chi connectivity index (χ0n) is 8.47. The third-order valence-corrected chi connectivity index (χ3v) is 4.35. The molecule has 0 saturated carbocycles. The maximum absolute atomic E-state index is 5.78. The first-order valence-electron chi connectivity index (χ1n) is 4.68. The van der Waals surface area contributed by atoms with E-state index in [1.165, 1.54) is 0 Å². The van der Waals surface area contributed by atoms with Crippen molar-refractivity contribution < 1.29 is 0 Å². The number of thiophene rings is 1. The van der Waals surface area contributed by atoms with Crippen LogP contribution in [0.2, 0.25) is 0 Å². The quantitative estimate of drug-likeness (QED) is 0.719. The lowest BCUT2D eigenvalue weighted by Gasteiger charge is -1.89. The standard InChI is InChI=1S/C10H8N4S2/c1-5-4-6(11)15-7(5)9-14-8-10(16-9)13-3-2-12-8/h2-4H,11H2,1H3. The number of hydrogen-bond acceptors (Lipinski definition) is 6. The highest BCUT2D eigenvalue weighted by molar-refractivity contribution is 7.26. The molecule has 0 fully saturated rings. The van der Waals surface area contributed by atoms with E-state index in [2.05, 4.69) is 15.0 Å². The Morgan fingerprint density at radius 1 is 1.19 bits per heavy atom. The smallest absolute Gasteiger partial charge is 0.190 e. The van der Waals surface area contributed by atoms with Crippen molar-refractivity contribution in [3.8, 4) is 9.88 Å². The van der Waals surface area contributed by atoms with Gasteiger partial charge in [-0.05, 0) is 18.6 Å². The van der Waals surface area contributed by atoms with Gasteiger partial charge in [0, 0.05) is 12.4 Å². The van der Waals surface area contributed by atoms with E-state index in [0.717, 1.165) is 25.3 Å². The van der Waals surface area contributed by atoms with Crippen LogP contribution in [0, 0.1) is 6.92 Å². The van der Waals surface area contributed by atoms with E-state index >= 15 is 0 Å². The second-order valence-electron chi connectivity index (χ2n) is 3.37. The summed E-state index contributed by atoms with van der Waals surface area (Å²) in [5.74, 6) is 0. The Morgan fingerprint density at radius 3 is 2.69 bits per heavy atom. The van der Waals surface area contributed by atoms with Gasteiger partial charge in [0.05, 0.1) is 9.88 Å². The Balaban J connectivity index is 2.22. The molecule has 0 aliphatic heterocycles. The van der Waals surface area contributed by atoms with E-state index in [4.69, 9.17) is 5.73 Å². The van der Waals surface area contributed by atoms with Crippen molar-refractivity contribution in [3.63, 3.8) is 0 Å². The third kappa shape index (κ3) is 1.46. The monoisotopic (exact) mass is 248 g/mol. The molecule has 0 atom stereocenters. The number of nitrogens with zero attached hydrogens (tertiary/aromatic N) is 3. The fourth-order valence-electron chi connectivity index (χ4n) is 1.49. The summed E-state index contributed by atoms with van der Waals surface area (Å²) < 4.78 is 0. The molecule has 3 aromatic heterocycles. The SMILES string of the molecule is Cc1cc(N)sc1-c1nc2nccnc2s1. The Morgan fingerprint density at radius 2 is 2.00 bits per heavy atom. The average Bonchev–Trinajstić information content (AvgIpc) is 2.81. The molecule has 0 aliphatic rings. The van der Waals surface area contributed by atoms with Crippen LogP contribution in [0.3, 0.4) is 0 Å². The molecule has 3 rings (SSSR count). The molecule has 0 aliphatic carbocycles. The number of nitrogens with two attached hydrogens (primary N) is 1. The molecular weight excluding hydrogens is 240 g/mol. The van der Waals surface area contributed by atoms with Crippen LogP contribution >= 0.6 is 22.7 Å². The van der Waals surface area contributed by atoms with Gasteiger partial charge in [-0.25, -0.2) is 15.0 Å². The van der Waals surface area contributed by atoms with Gasteiger partial charge in [0.1, 0.15) is 5.01 Å². The number of aryl methyl sites for hydroxylation is 1. The summed E-state index contributed by atoms with van der Waals surface area (Å²) in [7, 11) is 0. The number of nitrogen functional groups attached to an aromatic ring is 1. The third-order valence-electron chi connectivity index (χ3n) is 2.18. The number of fused-ring (bicyclic) bond motifs is 1. The molecule has 0 radical (unpaired) electrons. The van der Waals surface area contributed by atoms with Crippen LogP contribution in [0.15, 0.2) is 18.5 Å². The van der Waals surface area contributed by atoms with Crippen LogP contribution in [0.5, 0.6) is 0 Å². The predicted octanol–water partition coefficient (Wildman–Crippen LogP) is 2.71.